The molecule has 3 saturated carbocycles. The zero-order valence-corrected chi connectivity index (χ0v) is 20.6. The summed E-state index contributed by atoms with van der Waals surface area (Å²) in [4.78, 5) is 0. The van der Waals surface area contributed by atoms with Crippen molar-refractivity contribution in [2.45, 2.75) is 104 Å². The van der Waals surface area contributed by atoms with Crippen molar-refractivity contribution >= 4 is 7.92 Å². The van der Waals surface area contributed by atoms with E-state index in [2.05, 4.69) is 39.4 Å². The van der Waals surface area contributed by atoms with Gasteiger partial charge in [0.25, 0.3) is 0 Å². The number of rotatable bonds is 5. The van der Waals surface area contributed by atoms with Crippen LogP contribution in [0.4, 0.5) is 0 Å². The summed E-state index contributed by atoms with van der Waals surface area (Å²) in [7, 11) is 0.0645. The van der Waals surface area contributed by atoms with Crippen LogP contribution in [0.3, 0.4) is 0 Å². The molecule has 1 N–H and O–H groups in total. The molecule has 0 amide bonds. The Hall–Kier alpha value is -0.290. The molecule has 30 heavy (non-hydrogen) atoms. The number of fused-ring (bicyclic) bond motifs is 5. The Labute approximate surface area is 185 Å². The number of allylic oxidation sites excluding steroid dienone is 1. The summed E-state index contributed by atoms with van der Waals surface area (Å²) < 4.78 is 10.7. The number of hydrogen-bond donors (Lipinski definition) is 1. The topological polar surface area (TPSA) is 37.3 Å². The Morgan fingerprint density at radius 3 is 2.70 bits per heavy atom. The van der Waals surface area contributed by atoms with Crippen LogP contribution in [0.5, 0.6) is 0 Å². The molecule has 0 spiro atoms. The first-order valence-corrected chi connectivity index (χ1v) is 13.6. The van der Waals surface area contributed by atoms with Crippen LogP contribution < -0.4 is 0 Å². The Kier molecular flexibility index (Phi) is 6.81. The fourth-order valence-corrected chi connectivity index (χ4v) is 9.03. The van der Waals surface area contributed by atoms with E-state index in [1.807, 2.05) is 0 Å². The zero-order valence-electron chi connectivity index (χ0n) is 19.7. The molecule has 9 atom stereocenters. The van der Waals surface area contributed by atoms with E-state index in [-0.39, 0.29) is 14.0 Å². The Morgan fingerprint density at radius 2 is 1.93 bits per heavy atom. The van der Waals surface area contributed by atoms with Gasteiger partial charge in [-0.1, -0.05) is 12.5 Å². The third-order valence-electron chi connectivity index (χ3n) is 10.4. The van der Waals surface area contributed by atoms with E-state index >= 15 is 0 Å². The van der Waals surface area contributed by atoms with Crippen LogP contribution in [0, 0.1) is 52.0 Å². The van der Waals surface area contributed by atoms with Crippen LogP contribution in [-0.2, 0) is 4.57 Å². The summed E-state index contributed by atoms with van der Waals surface area (Å²) in [5.41, 5.74) is 5.47. The molecule has 4 rings (SSSR count). The van der Waals surface area contributed by atoms with E-state index in [1.165, 1.54) is 51.4 Å². The molecule has 0 aromatic carbocycles. The molecule has 3 heteroatoms. The van der Waals surface area contributed by atoms with Crippen LogP contribution in [0.1, 0.15) is 98.3 Å². The molecule has 0 aromatic heterocycles. The maximum absolute atomic E-state index is 10.7. The summed E-state index contributed by atoms with van der Waals surface area (Å²) in [6, 6.07) is 0. The SMILES string of the molecule is CC(C#P=O)CCC[C@@H](C)[C@H]1CC[C@H]2[C@@H]3CC=C4C[C@@H](O)CC[C@]4(C)[C@H]3CC[C@]12C. The molecule has 0 heterocycles. The van der Waals surface area contributed by atoms with Crippen molar-refractivity contribution in [1.29, 1.82) is 0 Å². The average Bonchev–Trinajstić information content (AvgIpc) is 3.06. The van der Waals surface area contributed by atoms with Crippen LogP contribution in [-0.4, -0.2) is 11.2 Å². The van der Waals surface area contributed by atoms with Gasteiger partial charge >= 0.3 is 143 Å². The van der Waals surface area contributed by atoms with Crippen LogP contribution in [0.25, 0.3) is 0 Å². The number of aliphatic hydroxyl groups is 1. The maximum atomic E-state index is 10.7. The molecule has 168 valence electrons. The van der Waals surface area contributed by atoms with Gasteiger partial charge in [-0.25, -0.2) is 0 Å². The van der Waals surface area contributed by atoms with Gasteiger partial charge in [0.2, 0.25) is 0 Å². The van der Waals surface area contributed by atoms with Crippen LogP contribution in [0.15, 0.2) is 11.6 Å². The van der Waals surface area contributed by atoms with Gasteiger partial charge in [0.05, 0.1) is 6.10 Å². The van der Waals surface area contributed by atoms with Crippen molar-refractivity contribution in [3.05, 3.63) is 11.6 Å². The zero-order chi connectivity index (χ0) is 21.5. The molecule has 0 aliphatic heterocycles. The summed E-state index contributed by atoms with van der Waals surface area (Å²) in [6.45, 7) is 9.83. The van der Waals surface area contributed by atoms with E-state index in [9.17, 15) is 9.67 Å². The molecule has 4 aliphatic carbocycles. The number of aliphatic hydroxyl groups excluding tert-OH is 1. The molecular formula is C27H43O2P. The first-order valence-electron chi connectivity index (χ1n) is 12.7. The van der Waals surface area contributed by atoms with E-state index in [0.717, 1.165) is 48.9 Å². The van der Waals surface area contributed by atoms with E-state index in [1.54, 1.807) is 5.57 Å². The predicted molar refractivity (Wildman–Crippen MR) is 125 cm³/mol. The molecule has 2 nitrogen and oxygen atoms in total. The molecular weight excluding hydrogens is 387 g/mol. The van der Waals surface area contributed by atoms with Gasteiger partial charge in [0.15, 0.2) is 0 Å². The Morgan fingerprint density at radius 1 is 1.13 bits per heavy atom. The second kappa shape index (κ2) is 8.92. The van der Waals surface area contributed by atoms with Gasteiger partial charge in [0.1, 0.15) is 0 Å². The van der Waals surface area contributed by atoms with E-state index in [0.29, 0.717) is 16.7 Å². The van der Waals surface area contributed by atoms with Crippen LogP contribution in [0.2, 0.25) is 0 Å². The van der Waals surface area contributed by atoms with E-state index < -0.39 is 0 Å². The minimum absolute atomic E-state index is 0.0645. The van der Waals surface area contributed by atoms with Gasteiger partial charge < -0.3 is 5.11 Å². The second-order valence-electron chi connectivity index (χ2n) is 11.9. The standard InChI is InChI=1S/C27H43O2P/c1-18(17-30-29)6-5-7-19(2)23-10-11-24-22-9-8-20-16-21(28)12-14-26(20,3)25(22)13-15-27(23,24)4/h8,18-19,21-25,28H,5-7,9-16H2,1-4H3/t18?,19-,21+,22+,23-,24+,25+,26+,27-/m1/s1. The Bertz CT molecular complexity index is 769. The molecule has 0 bridgehead atoms. The van der Waals surface area contributed by atoms with Gasteiger partial charge in [-0.3, -0.25) is 0 Å². The summed E-state index contributed by atoms with van der Waals surface area (Å²) in [6.07, 6.45) is 16.2. The third kappa shape index (κ3) is 3.95. The van der Waals surface area contributed by atoms with Gasteiger partial charge in [-0.2, -0.15) is 0 Å². The second-order valence-corrected chi connectivity index (χ2v) is 12.4. The molecule has 4 aliphatic rings. The molecule has 0 radical (unpaired) electrons. The average molecular weight is 431 g/mol. The van der Waals surface area contributed by atoms with Crippen molar-refractivity contribution in [2.24, 2.45) is 46.3 Å². The van der Waals surface area contributed by atoms with E-state index in [4.69, 9.17) is 0 Å². The number of hydrogen-bond acceptors (Lipinski definition) is 2. The van der Waals surface area contributed by atoms with Crippen molar-refractivity contribution in [3.8, 4) is 5.63 Å². The van der Waals surface area contributed by atoms with Crippen molar-refractivity contribution in [3.63, 3.8) is 0 Å². The molecule has 0 saturated heterocycles. The fourth-order valence-electron chi connectivity index (χ4n) is 8.72. The molecule has 1 unspecified atom stereocenters. The van der Waals surface area contributed by atoms with Gasteiger partial charge in [-0.15, -0.1) is 0 Å². The molecule has 3 fully saturated rings. The minimum atomic E-state index is -0.0995. The van der Waals surface area contributed by atoms with Crippen molar-refractivity contribution < 1.29 is 9.67 Å². The quantitative estimate of drug-likeness (QED) is 0.360. The summed E-state index contributed by atoms with van der Waals surface area (Å²) in [5, 5.41) is 10.2. The monoisotopic (exact) mass is 430 g/mol. The third-order valence-corrected chi connectivity index (χ3v) is 11.0. The Balaban J connectivity index is 1.45. The molecule has 0 aromatic rings. The van der Waals surface area contributed by atoms with Crippen LogP contribution >= 0.6 is 7.92 Å². The normalized spacial score (nSPS) is 44.7. The van der Waals surface area contributed by atoms with Gasteiger partial charge in [-0.05, 0) is 19.3 Å². The van der Waals surface area contributed by atoms with Gasteiger partial charge in [0, 0.05) is 0 Å². The van der Waals surface area contributed by atoms with Crippen molar-refractivity contribution in [1.82, 2.24) is 0 Å². The first kappa shape index (κ1) is 22.9. The summed E-state index contributed by atoms with van der Waals surface area (Å²) in [5.74, 6) is 4.61. The van der Waals surface area contributed by atoms with Crippen molar-refractivity contribution in [2.75, 3.05) is 0 Å². The predicted octanol–water partition coefficient (Wildman–Crippen LogP) is 7.62. The fraction of sp³-hybridized carbons (Fsp3) is 0.889. The first-order chi connectivity index (χ1) is 14.3. The summed E-state index contributed by atoms with van der Waals surface area (Å²) >= 11 is 0.